The Bertz CT molecular complexity index is 865. The Balaban J connectivity index is 1.58. The first-order chi connectivity index (χ1) is 14.1. The van der Waals surface area contributed by atoms with Gasteiger partial charge in [-0.2, -0.15) is 0 Å². The second kappa shape index (κ2) is 9.87. The second-order valence-corrected chi connectivity index (χ2v) is 7.24. The van der Waals surface area contributed by atoms with E-state index < -0.39 is 0 Å². The Labute approximate surface area is 171 Å². The highest BCUT2D eigenvalue weighted by atomic mass is 16.6. The fourth-order valence-corrected chi connectivity index (χ4v) is 3.50. The molecular formula is C25H26O4. The van der Waals surface area contributed by atoms with Crippen molar-refractivity contribution < 1.29 is 19.1 Å². The van der Waals surface area contributed by atoms with E-state index in [1.165, 1.54) is 0 Å². The fourth-order valence-electron chi connectivity index (χ4n) is 3.50. The Morgan fingerprint density at radius 3 is 1.90 bits per heavy atom. The summed E-state index contributed by atoms with van der Waals surface area (Å²) >= 11 is 0. The first-order valence-corrected chi connectivity index (χ1v) is 9.94. The van der Waals surface area contributed by atoms with Crippen LogP contribution in [-0.4, -0.2) is 24.6 Å². The summed E-state index contributed by atoms with van der Waals surface area (Å²) in [5, 5.41) is 0. The van der Waals surface area contributed by atoms with Gasteiger partial charge in [-0.15, -0.1) is 0 Å². The molecular weight excluding hydrogens is 364 g/mol. The molecule has 0 unspecified atom stereocenters. The molecule has 29 heavy (non-hydrogen) atoms. The van der Waals surface area contributed by atoms with Crippen LogP contribution in [0.4, 0.5) is 0 Å². The summed E-state index contributed by atoms with van der Waals surface area (Å²) in [5.74, 6) is -0.698. The third kappa shape index (κ3) is 5.44. The molecule has 4 nitrogen and oxygen atoms in total. The van der Waals surface area contributed by atoms with Gasteiger partial charge in [0.05, 0.1) is 17.7 Å². The number of benzene rings is 2. The van der Waals surface area contributed by atoms with Crippen LogP contribution >= 0.6 is 0 Å². The molecule has 0 N–H and O–H groups in total. The largest absolute Gasteiger partial charge is 0.462 e. The number of hydrogen-bond acceptors (Lipinski definition) is 4. The van der Waals surface area contributed by atoms with Crippen molar-refractivity contribution in [3.05, 3.63) is 83.9 Å². The lowest BCUT2D eigenvalue weighted by atomic mass is 9.87. The van der Waals surface area contributed by atoms with E-state index in [1.54, 1.807) is 36.4 Å². The van der Waals surface area contributed by atoms with Crippen molar-refractivity contribution in [1.82, 2.24) is 0 Å². The van der Waals surface area contributed by atoms with E-state index in [1.807, 2.05) is 24.3 Å². The van der Waals surface area contributed by atoms with Crippen molar-refractivity contribution in [2.45, 2.75) is 31.8 Å². The number of carbonyl (C=O) groups is 2. The Hall–Kier alpha value is -3.14. The summed E-state index contributed by atoms with van der Waals surface area (Å²) in [4.78, 5) is 24.8. The van der Waals surface area contributed by atoms with Crippen LogP contribution < -0.4 is 0 Å². The van der Waals surface area contributed by atoms with E-state index in [4.69, 9.17) is 9.47 Å². The van der Waals surface area contributed by atoms with E-state index in [2.05, 4.69) is 13.2 Å². The van der Waals surface area contributed by atoms with Crippen molar-refractivity contribution >= 4 is 24.1 Å². The molecule has 0 saturated heterocycles. The molecule has 1 aliphatic rings. The Morgan fingerprint density at radius 1 is 0.828 bits per heavy atom. The van der Waals surface area contributed by atoms with Gasteiger partial charge in [-0.3, -0.25) is 0 Å². The van der Waals surface area contributed by atoms with Crippen LogP contribution in [0.25, 0.3) is 12.2 Å². The van der Waals surface area contributed by atoms with Gasteiger partial charge >= 0.3 is 11.9 Å². The smallest absolute Gasteiger partial charge is 0.338 e. The molecule has 0 heterocycles. The Morgan fingerprint density at radius 2 is 1.34 bits per heavy atom. The predicted molar refractivity (Wildman–Crippen MR) is 115 cm³/mol. The van der Waals surface area contributed by atoms with Crippen LogP contribution in [0.5, 0.6) is 0 Å². The number of esters is 2. The minimum atomic E-state index is -0.365. The van der Waals surface area contributed by atoms with Crippen LogP contribution in [0.15, 0.2) is 61.7 Å². The topological polar surface area (TPSA) is 52.6 Å². The fraction of sp³-hybridized carbons (Fsp3) is 0.280. The SMILES string of the molecule is C=Cc1ccc(C(=O)OC[C@H]2CCCC[C@@H]2OC(=O)c2ccc(C=C)cc2)cc1. The molecule has 0 amide bonds. The first-order valence-electron chi connectivity index (χ1n) is 9.94. The molecule has 150 valence electrons. The van der Waals surface area contributed by atoms with Gasteiger partial charge in [-0.25, -0.2) is 9.59 Å². The van der Waals surface area contributed by atoms with Gasteiger partial charge in [0.2, 0.25) is 0 Å². The number of carbonyl (C=O) groups excluding carboxylic acids is 2. The maximum absolute atomic E-state index is 12.5. The lowest BCUT2D eigenvalue weighted by Crippen LogP contribution is -2.33. The number of hydrogen-bond donors (Lipinski definition) is 0. The second-order valence-electron chi connectivity index (χ2n) is 7.24. The summed E-state index contributed by atoms with van der Waals surface area (Å²) < 4.78 is 11.3. The molecule has 0 spiro atoms. The third-order valence-corrected chi connectivity index (χ3v) is 5.29. The van der Waals surface area contributed by atoms with Crippen molar-refractivity contribution in [3.8, 4) is 0 Å². The molecule has 2 aromatic rings. The summed E-state index contributed by atoms with van der Waals surface area (Å²) in [7, 11) is 0. The lowest BCUT2D eigenvalue weighted by molar-refractivity contribution is -0.0178. The molecule has 2 atom stereocenters. The van der Waals surface area contributed by atoms with E-state index in [-0.39, 0.29) is 30.6 Å². The molecule has 2 aromatic carbocycles. The monoisotopic (exact) mass is 390 g/mol. The maximum Gasteiger partial charge on any atom is 0.338 e. The molecule has 0 bridgehead atoms. The van der Waals surface area contributed by atoms with Gasteiger partial charge in [0.25, 0.3) is 0 Å². The minimum Gasteiger partial charge on any atom is -0.462 e. The zero-order valence-corrected chi connectivity index (χ0v) is 16.5. The van der Waals surface area contributed by atoms with E-state index in [9.17, 15) is 9.59 Å². The molecule has 0 aromatic heterocycles. The first kappa shape index (κ1) is 20.6. The molecule has 1 saturated carbocycles. The van der Waals surface area contributed by atoms with Crippen LogP contribution in [0, 0.1) is 5.92 Å². The van der Waals surface area contributed by atoms with E-state index >= 15 is 0 Å². The Kier molecular flexibility index (Phi) is 7.01. The molecule has 1 fully saturated rings. The van der Waals surface area contributed by atoms with Gasteiger partial charge in [0, 0.05) is 5.92 Å². The van der Waals surface area contributed by atoms with Crippen molar-refractivity contribution in [1.29, 1.82) is 0 Å². The zero-order valence-electron chi connectivity index (χ0n) is 16.5. The van der Waals surface area contributed by atoms with E-state index in [0.29, 0.717) is 11.1 Å². The third-order valence-electron chi connectivity index (χ3n) is 5.29. The van der Waals surface area contributed by atoms with Crippen molar-refractivity contribution in [3.63, 3.8) is 0 Å². The summed E-state index contributed by atoms with van der Waals surface area (Å²) in [5.41, 5.74) is 2.91. The van der Waals surface area contributed by atoms with Gasteiger partial charge in [-0.05, 0) is 54.7 Å². The minimum absolute atomic E-state index is 0.0107. The van der Waals surface area contributed by atoms with Gasteiger partial charge in [0.1, 0.15) is 6.10 Å². The zero-order chi connectivity index (χ0) is 20.6. The van der Waals surface area contributed by atoms with Crippen molar-refractivity contribution in [2.24, 2.45) is 5.92 Å². The molecule has 3 rings (SSSR count). The average molecular weight is 390 g/mol. The summed E-state index contributed by atoms with van der Waals surface area (Å²) in [6.45, 7) is 7.66. The lowest BCUT2D eigenvalue weighted by Gasteiger charge is -2.30. The molecule has 0 radical (unpaired) electrons. The van der Waals surface area contributed by atoms with Crippen molar-refractivity contribution in [2.75, 3.05) is 6.61 Å². The summed E-state index contributed by atoms with van der Waals surface area (Å²) in [6, 6.07) is 14.3. The van der Waals surface area contributed by atoms with E-state index in [0.717, 1.165) is 36.8 Å². The molecule has 4 heteroatoms. The maximum atomic E-state index is 12.5. The van der Waals surface area contributed by atoms with Crippen LogP contribution in [0.3, 0.4) is 0 Å². The number of rotatable bonds is 7. The normalized spacial score (nSPS) is 18.5. The molecule has 1 aliphatic carbocycles. The van der Waals surface area contributed by atoms with Crippen LogP contribution in [-0.2, 0) is 9.47 Å². The quantitative estimate of drug-likeness (QED) is 0.582. The van der Waals surface area contributed by atoms with Crippen LogP contribution in [0.1, 0.15) is 57.5 Å². The highest BCUT2D eigenvalue weighted by Gasteiger charge is 2.30. The van der Waals surface area contributed by atoms with Gasteiger partial charge < -0.3 is 9.47 Å². The van der Waals surface area contributed by atoms with Gasteiger partial charge in [0.15, 0.2) is 0 Å². The van der Waals surface area contributed by atoms with Gasteiger partial charge in [-0.1, -0.05) is 56.0 Å². The predicted octanol–water partition coefficient (Wildman–Crippen LogP) is 5.55. The highest BCUT2D eigenvalue weighted by Crippen LogP contribution is 2.28. The molecule has 0 aliphatic heterocycles. The number of ether oxygens (including phenoxy) is 2. The van der Waals surface area contributed by atoms with Crippen LogP contribution in [0.2, 0.25) is 0 Å². The highest BCUT2D eigenvalue weighted by molar-refractivity contribution is 5.90. The standard InChI is InChI=1S/C25H26O4/c1-3-18-9-13-20(14-10-18)24(26)28-17-22-7-5-6-8-23(22)29-25(27)21-15-11-19(4-2)12-16-21/h3-4,9-16,22-23H,1-2,5-8,17H2/t22-,23+/m1/s1. The summed E-state index contributed by atoms with van der Waals surface area (Å²) in [6.07, 6.45) is 6.90. The average Bonchev–Trinajstić information content (AvgIpc) is 2.78.